The first-order valence-corrected chi connectivity index (χ1v) is 4.70. The number of hydrogen-bond acceptors (Lipinski definition) is 0. The first kappa shape index (κ1) is 8.16. The molecule has 1 saturated carbocycles. The van der Waals surface area contributed by atoms with Crippen molar-refractivity contribution in [2.24, 2.45) is 11.8 Å². The summed E-state index contributed by atoms with van der Waals surface area (Å²) in [6.45, 7) is 4.81. The second-order valence-electron chi connectivity index (χ2n) is 4.23. The Bertz CT molecular complexity index is 101. The molecule has 0 aliphatic heterocycles. The molecule has 0 spiro atoms. The Morgan fingerprint density at radius 1 is 1.20 bits per heavy atom. The van der Waals surface area contributed by atoms with Crippen molar-refractivity contribution < 1.29 is 0 Å². The van der Waals surface area contributed by atoms with Crippen molar-refractivity contribution in [3.8, 4) is 0 Å². The van der Waals surface area contributed by atoms with Gasteiger partial charge in [0.15, 0.2) is 0 Å². The maximum Gasteiger partial charge on any atom is 0.105 e. The summed E-state index contributed by atoms with van der Waals surface area (Å²) in [6.07, 6.45) is 5.86. The van der Waals surface area contributed by atoms with E-state index in [0.717, 1.165) is 17.7 Å². The van der Waals surface area contributed by atoms with Crippen molar-refractivity contribution in [1.29, 1.82) is 0 Å². The Morgan fingerprint density at radius 3 is 2.60 bits per heavy atom. The maximum absolute atomic E-state index is 2.41. The zero-order chi connectivity index (χ0) is 7.56. The van der Waals surface area contributed by atoms with E-state index in [9.17, 15) is 0 Å². The van der Waals surface area contributed by atoms with Gasteiger partial charge in [-0.3, -0.25) is 0 Å². The molecule has 0 aromatic rings. The summed E-state index contributed by atoms with van der Waals surface area (Å²) >= 11 is 0. The second-order valence-corrected chi connectivity index (χ2v) is 4.23. The topological polar surface area (TPSA) is 0 Å². The molecule has 0 aromatic heterocycles. The van der Waals surface area contributed by atoms with Gasteiger partial charge < -0.3 is 0 Å². The van der Waals surface area contributed by atoms with Crippen LogP contribution in [0.5, 0.6) is 0 Å². The van der Waals surface area contributed by atoms with E-state index in [0.29, 0.717) is 0 Å². The molecule has 1 heteroatoms. The van der Waals surface area contributed by atoms with Gasteiger partial charge in [-0.2, -0.15) is 0 Å². The molecule has 3 unspecified atom stereocenters. The Labute approximate surface area is 65.8 Å². The van der Waals surface area contributed by atoms with E-state index in [1.165, 1.54) is 25.7 Å². The van der Waals surface area contributed by atoms with Gasteiger partial charge >= 0.3 is 0 Å². The van der Waals surface area contributed by atoms with Crippen LogP contribution >= 0.6 is 0 Å². The van der Waals surface area contributed by atoms with Crippen LogP contribution in [0.2, 0.25) is 5.82 Å². The molecule has 10 heavy (non-hydrogen) atoms. The third-order valence-electron chi connectivity index (χ3n) is 3.10. The van der Waals surface area contributed by atoms with Gasteiger partial charge in [0.1, 0.15) is 7.85 Å². The molecular formula is C9H19B. The van der Waals surface area contributed by atoms with Crippen LogP contribution < -0.4 is 0 Å². The fourth-order valence-electron chi connectivity index (χ4n) is 2.06. The first-order chi connectivity index (χ1) is 4.70. The van der Waals surface area contributed by atoms with E-state index >= 15 is 0 Å². The summed E-state index contributed by atoms with van der Waals surface area (Å²) in [5.74, 6) is 2.93. The molecule has 1 fully saturated rings. The molecule has 1 aliphatic carbocycles. The minimum absolute atomic E-state index is 0.970. The van der Waals surface area contributed by atoms with Crippen LogP contribution in [0.25, 0.3) is 0 Å². The van der Waals surface area contributed by atoms with Crippen LogP contribution in [-0.2, 0) is 0 Å². The van der Waals surface area contributed by atoms with Gasteiger partial charge in [0.2, 0.25) is 0 Å². The van der Waals surface area contributed by atoms with Crippen LogP contribution in [0, 0.1) is 11.8 Å². The van der Waals surface area contributed by atoms with Crippen molar-refractivity contribution in [3.63, 3.8) is 0 Å². The van der Waals surface area contributed by atoms with Crippen molar-refractivity contribution in [2.75, 3.05) is 0 Å². The number of hydrogen-bond donors (Lipinski definition) is 0. The summed E-state index contributed by atoms with van der Waals surface area (Å²) in [6, 6.07) is 0. The van der Waals surface area contributed by atoms with Crippen LogP contribution in [-0.4, -0.2) is 7.85 Å². The lowest BCUT2D eigenvalue weighted by Gasteiger charge is -2.17. The van der Waals surface area contributed by atoms with E-state index in [2.05, 4.69) is 21.7 Å². The highest BCUT2D eigenvalue weighted by molar-refractivity contribution is 6.11. The SMILES string of the molecule is BC1CCCC(C)CC1C. The molecule has 0 nitrogen and oxygen atoms in total. The van der Waals surface area contributed by atoms with Gasteiger partial charge in [-0.25, -0.2) is 0 Å². The first-order valence-electron chi connectivity index (χ1n) is 4.70. The zero-order valence-corrected chi connectivity index (χ0v) is 7.56. The van der Waals surface area contributed by atoms with Gasteiger partial charge in [-0.05, 0) is 18.3 Å². The van der Waals surface area contributed by atoms with Crippen molar-refractivity contribution in [1.82, 2.24) is 0 Å². The lowest BCUT2D eigenvalue weighted by Crippen LogP contribution is -2.05. The van der Waals surface area contributed by atoms with Crippen molar-refractivity contribution >= 4 is 7.85 Å². The fourth-order valence-corrected chi connectivity index (χ4v) is 2.06. The maximum atomic E-state index is 2.41. The molecule has 0 aromatic carbocycles. The predicted molar refractivity (Wildman–Crippen MR) is 49.1 cm³/mol. The smallest absolute Gasteiger partial charge is 0.0672 e. The minimum Gasteiger partial charge on any atom is -0.0672 e. The predicted octanol–water partition coefficient (Wildman–Crippen LogP) is 2.25. The van der Waals surface area contributed by atoms with E-state index < -0.39 is 0 Å². The molecule has 3 atom stereocenters. The molecular weight excluding hydrogens is 119 g/mol. The Kier molecular flexibility index (Phi) is 2.82. The van der Waals surface area contributed by atoms with Crippen LogP contribution in [0.3, 0.4) is 0 Å². The molecule has 1 rings (SSSR count). The average molecular weight is 138 g/mol. The fraction of sp³-hybridized carbons (Fsp3) is 1.00. The van der Waals surface area contributed by atoms with Crippen molar-refractivity contribution in [2.45, 2.75) is 45.3 Å². The Hall–Kier alpha value is 0.0649. The van der Waals surface area contributed by atoms with E-state index in [1.54, 1.807) is 0 Å². The number of rotatable bonds is 0. The highest BCUT2D eigenvalue weighted by Gasteiger charge is 2.18. The standard InChI is InChI=1S/C9H19B/c1-7-4-3-5-9(10)8(2)6-7/h7-9H,3-6,10H2,1-2H3. The lowest BCUT2D eigenvalue weighted by atomic mass is 9.74. The third-order valence-corrected chi connectivity index (χ3v) is 3.10. The van der Waals surface area contributed by atoms with Gasteiger partial charge in [0.25, 0.3) is 0 Å². The highest BCUT2D eigenvalue weighted by Crippen LogP contribution is 2.33. The van der Waals surface area contributed by atoms with Gasteiger partial charge in [-0.15, -0.1) is 0 Å². The van der Waals surface area contributed by atoms with Gasteiger partial charge in [0, 0.05) is 0 Å². The molecule has 0 amide bonds. The van der Waals surface area contributed by atoms with Crippen LogP contribution in [0.4, 0.5) is 0 Å². The van der Waals surface area contributed by atoms with E-state index in [-0.39, 0.29) is 0 Å². The molecule has 0 bridgehead atoms. The molecule has 0 saturated heterocycles. The van der Waals surface area contributed by atoms with E-state index in [4.69, 9.17) is 0 Å². The summed E-state index contributed by atoms with van der Waals surface area (Å²) in [4.78, 5) is 0. The van der Waals surface area contributed by atoms with Crippen molar-refractivity contribution in [3.05, 3.63) is 0 Å². The largest absolute Gasteiger partial charge is 0.105 e. The van der Waals surface area contributed by atoms with E-state index in [1.807, 2.05) is 0 Å². The Balaban J connectivity index is 2.41. The zero-order valence-electron chi connectivity index (χ0n) is 7.56. The average Bonchev–Trinajstić information content (AvgIpc) is 1.96. The molecule has 1 aliphatic rings. The quantitative estimate of drug-likeness (QED) is 0.355. The summed E-state index contributed by atoms with van der Waals surface area (Å²) in [7, 11) is 2.41. The minimum atomic E-state index is 0.970. The van der Waals surface area contributed by atoms with Gasteiger partial charge in [0.05, 0.1) is 0 Å². The third kappa shape index (κ3) is 2.03. The normalized spacial score (nSPS) is 42.8. The molecule has 0 radical (unpaired) electrons. The molecule has 0 N–H and O–H groups in total. The van der Waals surface area contributed by atoms with Gasteiger partial charge in [-0.1, -0.05) is 38.9 Å². The lowest BCUT2D eigenvalue weighted by molar-refractivity contribution is 0.423. The molecule has 0 heterocycles. The summed E-state index contributed by atoms with van der Waals surface area (Å²) < 4.78 is 0. The highest BCUT2D eigenvalue weighted by atomic mass is 14.2. The molecule has 58 valence electrons. The summed E-state index contributed by atoms with van der Waals surface area (Å²) in [5.41, 5.74) is 0. The second kappa shape index (κ2) is 3.45. The Morgan fingerprint density at radius 2 is 1.90 bits per heavy atom. The monoisotopic (exact) mass is 138 g/mol. The van der Waals surface area contributed by atoms with Crippen LogP contribution in [0.15, 0.2) is 0 Å². The van der Waals surface area contributed by atoms with Crippen LogP contribution in [0.1, 0.15) is 39.5 Å². The summed E-state index contributed by atoms with van der Waals surface area (Å²) in [5, 5.41) is 0.